The number of aliphatic hydroxyl groups is 1. The molecule has 0 bridgehead atoms. The number of likely N-dealkylation sites (tertiary alicyclic amines) is 1. The fourth-order valence-electron chi connectivity index (χ4n) is 9.96. The minimum absolute atomic E-state index is 0.0468. The molecule has 3 fully saturated rings. The van der Waals surface area contributed by atoms with Crippen LogP contribution in [0.4, 0.5) is 16.2 Å². The van der Waals surface area contributed by atoms with Gasteiger partial charge in [0.1, 0.15) is 29.9 Å². The highest BCUT2D eigenvalue weighted by atomic mass is 16.6. The highest BCUT2D eigenvalue weighted by molar-refractivity contribution is 5.91. The quantitative estimate of drug-likeness (QED) is 0.0484. The molecule has 62 heavy (non-hydrogen) atoms. The van der Waals surface area contributed by atoms with E-state index >= 15 is 0 Å². The summed E-state index contributed by atoms with van der Waals surface area (Å²) < 4.78 is 17.7. The van der Waals surface area contributed by atoms with Crippen molar-refractivity contribution >= 4 is 23.4 Å². The van der Waals surface area contributed by atoms with Crippen LogP contribution in [0.15, 0.2) is 91.0 Å². The minimum Gasteiger partial charge on any atom is -0.506 e. The molecule has 2 unspecified atom stereocenters. The van der Waals surface area contributed by atoms with Crippen LogP contribution in [-0.4, -0.2) is 109 Å². The maximum absolute atomic E-state index is 13.5. The number of anilines is 2. The van der Waals surface area contributed by atoms with E-state index < -0.39 is 6.23 Å². The number of hydrogen-bond acceptors (Lipinski definition) is 10. The van der Waals surface area contributed by atoms with E-state index in [-0.39, 0.29) is 30.5 Å². The Bertz CT molecular complexity index is 2080. The monoisotopic (exact) mass is 845 g/mol. The highest BCUT2D eigenvalue weighted by Gasteiger charge is 2.42. The Kier molecular flexibility index (Phi) is 14.9. The maximum Gasteiger partial charge on any atom is 0.411 e. The number of ether oxygens (including phenoxy) is 3. The number of amides is 2. The third-order valence-electron chi connectivity index (χ3n) is 13.1. The lowest BCUT2D eigenvalue weighted by molar-refractivity contribution is -0.134. The number of aliphatic hydroxyl groups excluding tert-OH is 1. The third-order valence-corrected chi connectivity index (χ3v) is 13.1. The van der Waals surface area contributed by atoms with Crippen LogP contribution in [0, 0.1) is 11.8 Å². The Balaban J connectivity index is 0.706. The number of carbonyl (C=O) groups is 2. The predicted molar refractivity (Wildman–Crippen MR) is 241 cm³/mol. The number of hydrogen-bond donors (Lipinski definition) is 5. The summed E-state index contributed by atoms with van der Waals surface area (Å²) in [5.41, 5.74) is 6.76. The van der Waals surface area contributed by atoms with E-state index in [9.17, 15) is 19.8 Å². The van der Waals surface area contributed by atoms with Crippen LogP contribution >= 0.6 is 0 Å². The smallest absolute Gasteiger partial charge is 0.411 e. The molecule has 0 radical (unpaired) electrons. The zero-order valence-electron chi connectivity index (χ0n) is 35.8. The van der Waals surface area contributed by atoms with E-state index in [1.54, 1.807) is 6.07 Å². The SMILES string of the molecule is O=C(Nc1ccccc1-c1ccccc1)OC1C[C@@H]2CN(CCc3cccc(CCOCCC(=O)N(CCNCCc4ccc(O)c5c4OCC(O)N5)C4CCCC4)c3)C[C@@H]2C1. The first-order valence-electron chi connectivity index (χ1n) is 22.8. The third kappa shape index (κ3) is 11.5. The summed E-state index contributed by atoms with van der Waals surface area (Å²) in [4.78, 5) is 31.0. The van der Waals surface area contributed by atoms with Crippen LogP contribution < -0.4 is 20.7 Å². The molecule has 330 valence electrons. The normalized spacial score (nSPS) is 20.9. The van der Waals surface area contributed by atoms with Crippen LogP contribution in [0.5, 0.6) is 11.5 Å². The van der Waals surface area contributed by atoms with Gasteiger partial charge in [0.25, 0.3) is 0 Å². The molecule has 4 aromatic rings. The van der Waals surface area contributed by atoms with Gasteiger partial charge in [-0.15, -0.1) is 0 Å². The number of nitrogens with zero attached hydrogens (tertiary/aromatic N) is 2. The molecule has 2 amide bonds. The summed E-state index contributed by atoms with van der Waals surface area (Å²) >= 11 is 0. The van der Waals surface area contributed by atoms with Crippen molar-refractivity contribution in [2.75, 3.05) is 69.7 Å². The van der Waals surface area contributed by atoms with Crippen molar-refractivity contribution in [3.63, 3.8) is 0 Å². The van der Waals surface area contributed by atoms with E-state index in [4.69, 9.17) is 14.2 Å². The Morgan fingerprint density at radius 3 is 2.42 bits per heavy atom. The molecule has 2 aliphatic carbocycles. The van der Waals surface area contributed by atoms with E-state index in [1.807, 2.05) is 60.7 Å². The number of nitrogens with one attached hydrogen (secondary N) is 3. The van der Waals surface area contributed by atoms with E-state index in [2.05, 4.69) is 50.0 Å². The van der Waals surface area contributed by atoms with Crippen molar-refractivity contribution in [1.82, 2.24) is 15.1 Å². The molecule has 12 heteroatoms. The summed E-state index contributed by atoms with van der Waals surface area (Å²) in [5, 5.41) is 29.4. The highest BCUT2D eigenvalue weighted by Crippen LogP contribution is 2.41. The van der Waals surface area contributed by atoms with Gasteiger partial charge >= 0.3 is 6.09 Å². The van der Waals surface area contributed by atoms with Crippen molar-refractivity contribution in [3.8, 4) is 22.6 Å². The molecular weight excluding hydrogens is 783 g/mol. The average Bonchev–Trinajstić information content (AvgIpc) is 4.04. The first-order chi connectivity index (χ1) is 30.4. The Morgan fingerprint density at radius 2 is 1.61 bits per heavy atom. The average molecular weight is 846 g/mol. The number of phenols is 1. The lowest BCUT2D eigenvalue weighted by Gasteiger charge is -2.29. The van der Waals surface area contributed by atoms with Crippen LogP contribution in [0.2, 0.25) is 0 Å². The van der Waals surface area contributed by atoms with Gasteiger partial charge in [0.15, 0.2) is 6.23 Å². The van der Waals surface area contributed by atoms with Crippen molar-refractivity contribution in [3.05, 3.63) is 108 Å². The van der Waals surface area contributed by atoms with Gasteiger partial charge < -0.3 is 44.9 Å². The molecule has 4 aromatic carbocycles. The zero-order chi connectivity index (χ0) is 42.7. The molecule has 2 heterocycles. The van der Waals surface area contributed by atoms with Crippen LogP contribution in [-0.2, 0) is 33.5 Å². The first kappa shape index (κ1) is 43.5. The van der Waals surface area contributed by atoms with E-state index in [1.165, 1.54) is 11.1 Å². The van der Waals surface area contributed by atoms with Crippen molar-refractivity contribution in [1.29, 1.82) is 0 Å². The lowest BCUT2D eigenvalue weighted by atomic mass is 10.0. The molecule has 2 aliphatic heterocycles. The number of carbonyl (C=O) groups excluding carboxylic acids is 2. The van der Waals surface area contributed by atoms with Gasteiger partial charge in [0.05, 0.1) is 25.3 Å². The van der Waals surface area contributed by atoms with Gasteiger partial charge in [-0.3, -0.25) is 10.1 Å². The topological polar surface area (TPSA) is 145 Å². The van der Waals surface area contributed by atoms with Gasteiger partial charge in [0, 0.05) is 44.3 Å². The van der Waals surface area contributed by atoms with Crippen molar-refractivity contribution in [2.45, 2.75) is 82.6 Å². The second-order valence-corrected chi connectivity index (χ2v) is 17.4. The molecule has 2 saturated carbocycles. The summed E-state index contributed by atoms with van der Waals surface area (Å²) in [7, 11) is 0. The fraction of sp³-hybridized carbons (Fsp3) is 0.480. The summed E-state index contributed by atoms with van der Waals surface area (Å²) in [6.45, 7) is 6.29. The summed E-state index contributed by atoms with van der Waals surface area (Å²) in [6.07, 6.45) is 7.87. The number of fused-ring (bicyclic) bond motifs is 2. The second kappa shape index (κ2) is 21.3. The van der Waals surface area contributed by atoms with Crippen LogP contribution in [0.25, 0.3) is 11.1 Å². The maximum atomic E-state index is 13.5. The minimum atomic E-state index is -0.848. The van der Waals surface area contributed by atoms with Gasteiger partial charge in [-0.1, -0.05) is 91.7 Å². The fourth-order valence-corrected chi connectivity index (χ4v) is 9.96. The second-order valence-electron chi connectivity index (χ2n) is 17.4. The zero-order valence-corrected chi connectivity index (χ0v) is 35.8. The Morgan fingerprint density at radius 1 is 0.855 bits per heavy atom. The Labute approximate surface area is 365 Å². The van der Waals surface area contributed by atoms with E-state index in [0.29, 0.717) is 75.0 Å². The standard InChI is InChI=1S/C50H63N5O7/c56-45-18-17-38(49-48(45)53-46(57)34-61-49)19-23-51-24-26-55(41-13-4-5-14-41)47(58)22-28-60-27-21-36-10-8-9-35(29-36)20-25-54-32-39-30-42(31-40(39)33-54)62-50(59)52-44-16-7-6-15-43(44)37-11-2-1-3-12-37/h1-3,6-12,15-18,29,39-42,46,51,53,56-57H,4-5,13-14,19-28,30-34H2,(H,52,59)/t39-,40+,42?,46?. The number of aromatic hydroxyl groups is 1. The molecular formula is C50H63N5O7. The molecule has 8 rings (SSSR count). The van der Waals surface area contributed by atoms with Gasteiger partial charge in [0.2, 0.25) is 5.91 Å². The van der Waals surface area contributed by atoms with Gasteiger partial charge in [-0.05, 0) is 97.7 Å². The van der Waals surface area contributed by atoms with Crippen molar-refractivity contribution < 1.29 is 34.0 Å². The summed E-state index contributed by atoms with van der Waals surface area (Å²) in [6, 6.07) is 30.5. The van der Waals surface area contributed by atoms with Crippen LogP contribution in [0.1, 0.15) is 61.6 Å². The number of benzene rings is 4. The van der Waals surface area contributed by atoms with Gasteiger partial charge in [-0.2, -0.15) is 0 Å². The number of rotatable bonds is 19. The largest absolute Gasteiger partial charge is 0.506 e. The molecule has 4 atom stereocenters. The van der Waals surface area contributed by atoms with Crippen molar-refractivity contribution in [2.24, 2.45) is 11.8 Å². The molecule has 0 spiro atoms. The summed E-state index contributed by atoms with van der Waals surface area (Å²) in [5.74, 6) is 1.91. The Hall–Kier alpha value is -5.14. The molecule has 1 saturated heterocycles. The number of para-hydroxylation sites is 1. The van der Waals surface area contributed by atoms with Crippen LogP contribution in [0.3, 0.4) is 0 Å². The predicted octanol–water partition coefficient (Wildman–Crippen LogP) is 7.24. The van der Waals surface area contributed by atoms with E-state index in [0.717, 1.165) is 93.4 Å². The lowest BCUT2D eigenvalue weighted by Crippen LogP contribution is -2.43. The first-order valence-corrected chi connectivity index (χ1v) is 22.8. The molecule has 5 N–H and O–H groups in total. The molecule has 4 aliphatic rings. The molecule has 0 aromatic heterocycles. The van der Waals surface area contributed by atoms with Gasteiger partial charge in [-0.25, -0.2) is 4.79 Å². The molecule has 12 nitrogen and oxygen atoms in total. The number of phenolic OH excluding ortho intramolecular Hbond substituents is 1.